The summed E-state index contributed by atoms with van der Waals surface area (Å²) in [6, 6.07) is 7.80. The number of carbonyl (C=O) groups excluding carboxylic acids is 1. The van der Waals surface area contributed by atoms with Crippen molar-refractivity contribution in [2.45, 2.75) is 26.2 Å². The largest absolute Gasteiger partial charge is 0.484 e. The number of aromatic amines is 1. The molecular weight excluding hydrogens is 268 g/mol. The van der Waals surface area contributed by atoms with E-state index in [1.54, 1.807) is 0 Å². The molecule has 2 rings (SSSR count). The van der Waals surface area contributed by atoms with Gasteiger partial charge in [0.1, 0.15) is 17.9 Å². The lowest BCUT2D eigenvalue weighted by atomic mass is 10.0. The quantitative estimate of drug-likeness (QED) is 0.812. The Kier molecular flexibility index (Phi) is 5.31. The van der Waals surface area contributed by atoms with Gasteiger partial charge in [-0.2, -0.15) is 5.10 Å². The number of amides is 1. The highest BCUT2D eigenvalue weighted by atomic mass is 16.5. The van der Waals surface area contributed by atoms with Crippen molar-refractivity contribution in [2.24, 2.45) is 0 Å². The Bertz CT molecular complexity index is 550. The molecule has 0 fully saturated rings. The van der Waals surface area contributed by atoms with Crippen LogP contribution in [0.2, 0.25) is 0 Å². The first-order valence-electron chi connectivity index (χ1n) is 6.99. The summed E-state index contributed by atoms with van der Waals surface area (Å²) in [5, 5.41) is 9.25. The molecule has 2 N–H and O–H groups in total. The van der Waals surface area contributed by atoms with Gasteiger partial charge in [-0.1, -0.05) is 26.0 Å². The Morgan fingerprint density at radius 1 is 1.33 bits per heavy atom. The van der Waals surface area contributed by atoms with Crippen LogP contribution in [0.5, 0.6) is 5.75 Å². The molecule has 0 radical (unpaired) electrons. The molecule has 2 aromatic rings. The Balaban J connectivity index is 1.68. The molecule has 1 heterocycles. The van der Waals surface area contributed by atoms with Crippen LogP contribution in [-0.2, 0) is 11.2 Å². The molecule has 0 aliphatic rings. The fourth-order valence-corrected chi connectivity index (χ4v) is 1.82. The van der Waals surface area contributed by atoms with Gasteiger partial charge in [0, 0.05) is 13.0 Å². The summed E-state index contributed by atoms with van der Waals surface area (Å²) in [5.74, 6) is 1.78. The fourth-order valence-electron chi connectivity index (χ4n) is 1.82. The summed E-state index contributed by atoms with van der Waals surface area (Å²) in [6.07, 6.45) is 2.07. The maximum absolute atomic E-state index is 11.6. The van der Waals surface area contributed by atoms with E-state index in [-0.39, 0.29) is 12.5 Å². The van der Waals surface area contributed by atoms with Gasteiger partial charge in [-0.25, -0.2) is 4.98 Å². The summed E-state index contributed by atoms with van der Waals surface area (Å²) >= 11 is 0. The van der Waals surface area contributed by atoms with Crippen molar-refractivity contribution >= 4 is 5.91 Å². The highest BCUT2D eigenvalue weighted by Gasteiger charge is 2.04. The van der Waals surface area contributed by atoms with Gasteiger partial charge in [0.2, 0.25) is 0 Å². The van der Waals surface area contributed by atoms with Crippen LogP contribution < -0.4 is 10.1 Å². The lowest BCUT2D eigenvalue weighted by Crippen LogP contribution is -2.30. The number of benzene rings is 1. The molecule has 1 aromatic heterocycles. The van der Waals surface area contributed by atoms with Crippen molar-refractivity contribution in [1.82, 2.24) is 20.5 Å². The van der Waals surface area contributed by atoms with Crippen molar-refractivity contribution in [1.29, 1.82) is 0 Å². The van der Waals surface area contributed by atoms with Crippen molar-refractivity contribution in [2.75, 3.05) is 13.2 Å². The first-order valence-corrected chi connectivity index (χ1v) is 6.99. The highest BCUT2D eigenvalue weighted by Crippen LogP contribution is 2.18. The van der Waals surface area contributed by atoms with Crippen LogP contribution in [0.15, 0.2) is 30.6 Å². The zero-order valence-electron chi connectivity index (χ0n) is 12.3. The molecule has 112 valence electrons. The monoisotopic (exact) mass is 288 g/mol. The maximum atomic E-state index is 11.6. The molecule has 0 unspecified atom stereocenters. The van der Waals surface area contributed by atoms with Crippen LogP contribution in [0.1, 0.15) is 31.2 Å². The molecule has 6 nitrogen and oxygen atoms in total. The number of nitrogens with one attached hydrogen (secondary N) is 2. The van der Waals surface area contributed by atoms with E-state index in [9.17, 15) is 4.79 Å². The van der Waals surface area contributed by atoms with E-state index in [1.807, 2.05) is 24.3 Å². The first kappa shape index (κ1) is 15.0. The van der Waals surface area contributed by atoms with E-state index in [0.29, 0.717) is 24.6 Å². The van der Waals surface area contributed by atoms with Crippen LogP contribution in [0.25, 0.3) is 0 Å². The second kappa shape index (κ2) is 7.42. The average molecular weight is 288 g/mol. The lowest BCUT2D eigenvalue weighted by Gasteiger charge is -2.09. The first-order chi connectivity index (χ1) is 10.1. The molecular formula is C15H20N4O2. The zero-order chi connectivity index (χ0) is 15.1. The van der Waals surface area contributed by atoms with Crippen LogP contribution in [0.4, 0.5) is 0 Å². The third-order valence-corrected chi connectivity index (χ3v) is 3.07. The van der Waals surface area contributed by atoms with Gasteiger partial charge in [-0.05, 0) is 23.6 Å². The fraction of sp³-hybridized carbons (Fsp3) is 0.400. The van der Waals surface area contributed by atoms with Gasteiger partial charge in [-0.15, -0.1) is 0 Å². The Hall–Kier alpha value is -2.37. The van der Waals surface area contributed by atoms with Crippen LogP contribution in [0.3, 0.4) is 0 Å². The van der Waals surface area contributed by atoms with Gasteiger partial charge in [0.05, 0.1) is 0 Å². The SMILES string of the molecule is CC(C)c1ccc(OCC(=O)NCCc2ncn[nH]2)cc1. The predicted octanol–water partition coefficient (Wildman–Crippen LogP) is 1.67. The molecule has 0 aliphatic carbocycles. The summed E-state index contributed by atoms with van der Waals surface area (Å²) in [5.41, 5.74) is 1.25. The van der Waals surface area contributed by atoms with Gasteiger partial charge < -0.3 is 10.1 Å². The summed E-state index contributed by atoms with van der Waals surface area (Å²) < 4.78 is 5.44. The van der Waals surface area contributed by atoms with E-state index in [2.05, 4.69) is 34.3 Å². The standard InChI is InChI=1S/C15H20N4O2/c1-11(2)12-3-5-13(6-4-12)21-9-15(20)16-8-7-14-17-10-18-19-14/h3-6,10-11H,7-9H2,1-2H3,(H,16,20)(H,17,18,19). The summed E-state index contributed by atoms with van der Waals surface area (Å²) in [7, 11) is 0. The number of hydrogen-bond donors (Lipinski definition) is 2. The molecule has 0 spiro atoms. The Morgan fingerprint density at radius 2 is 2.10 bits per heavy atom. The highest BCUT2D eigenvalue weighted by molar-refractivity contribution is 5.77. The molecule has 21 heavy (non-hydrogen) atoms. The van der Waals surface area contributed by atoms with E-state index in [1.165, 1.54) is 11.9 Å². The Labute approximate surface area is 123 Å². The van der Waals surface area contributed by atoms with E-state index >= 15 is 0 Å². The third-order valence-electron chi connectivity index (χ3n) is 3.07. The van der Waals surface area contributed by atoms with E-state index in [4.69, 9.17) is 4.74 Å². The molecule has 1 amide bonds. The van der Waals surface area contributed by atoms with Crippen molar-refractivity contribution in [3.05, 3.63) is 42.0 Å². The van der Waals surface area contributed by atoms with Gasteiger partial charge in [-0.3, -0.25) is 9.89 Å². The summed E-state index contributed by atoms with van der Waals surface area (Å²) in [6.45, 7) is 4.79. The minimum absolute atomic E-state index is 0.0113. The maximum Gasteiger partial charge on any atom is 0.257 e. The van der Waals surface area contributed by atoms with Gasteiger partial charge in [0.15, 0.2) is 6.61 Å². The van der Waals surface area contributed by atoms with Crippen molar-refractivity contribution in [3.63, 3.8) is 0 Å². The molecule has 0 saturated heterocycles. The molecule has 0 atom stereocenters. The number of nitrogens with zero attached hydrogens (tertiary/aromatic N) is 2. The van der Waals surface area contributed by atoms with Gasteiger partial charge in [0.25, 0.3) is 5.91 Å². The molecule has 0 aliphatic heterocycles. The topological polar surface area (TPSA) is 79.9 Å². The molecule has 1 aromatic carbocycles. The number of ether oxygens (including phenoxy) is 1. The molecule has 0 saturated carbocycles. The van der Waals surface area contributed by atoms with Crippen molar-refractivity contribution < 1.29 is 9.53 Å². The predicted molar refractivity (Wildman–Crippen MR) is 79.1 cm³/mol. The minimum Gasteiger partial charge on any atom is -0.484 e. The van der Waals surface area contributed by atoms with Crippen LogP contribution in [0, 0.1) is 0 Å². The number of hydrogen-bond acceptors (Lipinski definition) is 4. The zero-order valence-corrected chi connectivity index (χ0v) is 12.3. The lowest BCUT2D eigenvalue weighted by molar-refractivity contribution is -0.123. The smallest absolute Gasteiger partial charge is 0.257 e. The summed E-state index contributed by atoms with van der Waals surface area (Å²) in [4.78, 5) is 15.6. The molecule has 0 bridgehead atoms. The van der Waals surface area contributed by atoms with Crippen molar-refractivity contribution in [3.8, 4) is 5.75 Å². The van der Waals surface area contributed by atoms with E-state index < -0.39 is 0 Å². The van der Waals surface area contributed by atoms with Gasteiger partial charge >= 0.3 is 0 Å². The number of carbonyl (C=O) groups is 1. The second-order valence-corrected chi connectivity index (χ2v) is 5.04. The second-order valence-electron chi connectivity index (χ2n) is 5.04. The van der Waals surface area contributed by atoms with E-state index in [0.717, 1.165) is 5.82 Å². The number of rotatable bonds is 7. The Morgan fingerprint density at radius 3 is 2.71 bits per heavy atom. The number of aromatic nitrogens is 3. The van der Waals surface area contributed by atoms with Crippen LogP contribution in [-0.4, -0.2) is 34.2 Å². The minimum atomic E-state index is -0.151. The molecule has 6 heteroatoms. The van der Waals surface area contributed by atoms with Crippen LogP contribution >= 0.6 is 0 Å². The normalized spacial score (nSPS) is 10.6. The third kappa shape index (κ3) is 4.91. The average Bonchev–Trinajstić information content (AvgIpc) is 2.99. The number of H-pyrrole nitrogens is 1.